The van der Waals surface area contributed by atoms with E-state index in [2.05, 4.69) is 26.8 Å². The number of pyridine rings is 2. The number of aromatic nitrogens is 3. The highest BCUT2D eigenvalue weighted by Crippen LogP contribution is 2.28. The fraction of sp³-hybridized carbons (Fsp3) is 0.375. The van der Waals surface area contributed by atoms with Crippen LogP contribution >= 0.6 is 0 Å². The van der Waals surface area contributed by atoms with Crippen LogP contribution in [0.5, 0.6) is 0 Å². The zero-order valence-electron chi connectivity index (χ0n) is 12.0. The summed E-state index contributed by atoms with van der Waals surface area (Å²) in [4.78, 5) is 18.6. The van der Waals surface area contributed by atoms with Gasteiger partial charge in [0, 0.05) is 24.8 Å². The quantitative estimate of drug-likeness (QED) is 0.710. The lowest BCUT2D eigenvalue weighted by Gasteiger charge is -2.32. The summed E-state index contributed by atoms with van der Waals surface area (Å²) in [6.07, 6.45) is 6.83. The summed E-state index contributed by atoms with van der Waals surface area (Å²) in [6.45, 7) is 4.31. The van der Waals surface area contributed by atoms with Crippen LogP contribution in [-0.2, 0) is 0 Å². The van der Waals surface area contributed by atoms with Crippen LogP contribution < -0.4 is 15.7 Å². The molecule has 2 atom stereocenters. The highest BCUT2D eigenvalue weighted by molar-refractivity contribution is 6.00. The van der Waals surface area contributed by atoms with Gasteiger partial charge in [-0.3, -0.25) is 4.79 Å². The molecule has 1 saturated heterocycles. The van der Waals surface area contributed by atoms with Gasteiger partial charge in [-0.25, -0.2) is 9.97 Å². The number of piperidine rings is 1. The molecule has 0 aromatic carbocycles. The molecule has 0 radical (unpaired) electrons. The molecule has 108 valence electrons. The zero-order valence-corrected chi connectivity index (χ0v) is 12.0. The Morgan fingerprint density at radius 2 is 2.24 bits per heavy atom. The Kier molecular flexibility index (Phi) is 2.82. The van der Waals surface area contributed by atoms with Gasteiger partial charge in [0.1, 0.15) is 6.20 Å². The lowest BCUT2D eigenvalue weighted by atomic mass is 9.94. The molecule has 0 bridgehead atoms. The van der Waals surface area contributed by atoms with Crippen LogP contribution in [0, 0.1) is 5.92 Å². The van der Waals surface area contributed by atoms with Crippen molar-refractivity contribution in [3.05, 3.63) is 40.9 Å². The van der Waals surface area contributed by atoms with Gasteiger partial charge in [-0.2, -0.15) is 0 Å². The number of rotatable bonds is 1. The van der Waals surface area contributed by atoms with Crippen molar-refractivity contribution < 1.29 is 4.98 Å². The molecule has 3 aromatic heterocycles. The van der Waals surface area contributed by atoms with Crippen molar-refractivity contribution in [2.75, 3.05) is 13.1 Å². The monoisotopic (exact) mass is 283 g/mol. The minimum absolute atomic E-state index is 0.0667. The lowest BCUT2D eigenvalue weighted by Crippen LogP contribution is -2.37. The second-order valence-electron chi connectivity index (χ2n) is 5.94. The Morgan fingerprint density at radius 1 is 1.33 bits per heavy atom. The molecule has 3 aromatic rings. The molecule has 2 unspecified atom stereocenters. The minimum Gasteiger partial charge on any atom is -0.342 e. The maximum Gasteiger partial charge on any atom is 0.286 e. The molecule has 1 fully saturated rings. The molecule has 0 amide bonds. The second-order valence-corrected chi connectivity index (χ2v) is 5.94. The molecule has 1 aliphatic rings. The van der Waals surface area contributed by atoms with E-state index in [1.54, 1.807) is 6.07 Å². The fourth-order valence-corrected chi connectivity index (χ4v) is 3.44. The summed E-state index contributed by atoms with van der Waals surface area (Å²) in [5.41, 5.74) is 2.05. The molecule has 4 rings (SSSR count). The van der Waals surface area contributed by atoms with Crippen LogP contribution in [-0.4, -0.2) is 22.6 Å². The summed E-state index contributed by atoms with van der Waals surface area (Å²) in [7, 11) is 0. The normalized spacial score (nSPS) is 22.9. The number of nitrogens with one attached hydrogen (secondary N) is 3. The van der Waals surface area contributed by atoms with Crippen LogP contribution in [0.25, 0.3) is 21.9 Å². The van der Waals surface area contributed by atoms with Gasteiger partial charge in [-0.15, -0.1) is 0 Å². The van der Waals surface area contributed by atoms with E-state index in [0.717, 1.165) is 41.4 Å². The molecule has 1 aliphatic heterocycles. The van der Waals surface area contributed by atoms with Gasteiger partial charge >= 0.3 is 0 Å². The Morgan fingerprint density at radius 3 is 3.10 bits per heavy atom. The van der Waals surface area contributed by atoms with Crippen molar-refractivity contribution in [3.63, 3.8) is 0 Å². The van der Waals surface area contributed by atoms with E-state index in [-0.39, 0.29) is 5.43 Å². The summed E-state index contributed by atoms with van der Waals surface area (Å²) >= 11 is 0. The van der Waals surface area contributed by atoms with Gasteiger partial charge in [0.2, 0.25) is 0 Å². The lowest BCUT2D eigenvalue weighted by molar-refractivity contribution is -0.345. The van der Waals surface area contributed by atoms with Crippen molar-refractivity contribution in [2.24, 2.45) is 5.92 Å². The molecule has 0 spiro atoms. The molecule has 3 N–H and O–H groups in total. The third kappa shape index (κ3) is 1.88. The van der Waals surface area contributed by atoms with Gasteiger partial charge in [0.25, 0.3) is 5.65 Å². The van der Waals surface area contributed by atoms with Crippen LogP contribution in [0.3, 0.4) is 0 Å². The molecule has 21 heavy (non-hydrogen) atoms. The van der Waals surface area contributed by atoms with Crippen molar-refractivity contribution in [1.29, 1.82) is 0 Å². The molecule has 5 nitrogen and oxygen atoms in total. The summed E-state index contributed by atoms with van der Waals surface area (Å²) in [5.74, 6) is 0.593. The summed E-state index contributed by atoms with van der Waals surface area (Å²) in [6, 6.07) is 4.09. The maximum atomic E-state index is 12.2. The SMILES string of the molecule is CC1CCNCC1n1ccc(=O)c2c[nH+]c3[nH]ccc3c21. The third-order valence-electron chi connectivity index (χ3n) is 4.67. The van der Waals surface area contributed by atoms with Gasteiger partial charge < -0.3 is 9.88 Å². The fourth-order valence-electron chi connectivity index (χ4n) is 3.44. The molecule has 0 saturated carbocycles. The van der Waals surface area contributed by atoms with Crippen molar-refractivity contribution in [3.8, 4) is 0 Å². The molecule has 5 heteroatoms. The first-order valence-electron chi connectivity index (χ1n) is 7.49. The predicted octanol–water partition coefficient (Wildman–Crippen LogP) is 1.47. The Bertz CT molecular complexity index is 863. The summed E-state index contributed by atoms with van der Waals surface area (Å²) in [5, 5.41) is 5.29. The van der Waals surface area contributed by atoms with Crippen LogP contribution in [0.2, 0.25) is 0 Å². The number of aromatic amines is 2. The molecular formula is C16H19N4O+. The van der Waals surface area contributed by atoms with E-state index >= 15 is 0 Å². The summed E-state index contributed by atoms with van der Waals surface area (Å²) < 4.78 is 2.28. The van der Waals surface area contributed by atoms with E-state index in [0.29, 0.717) is 12.0 Å². The van der Waals surface area contributed by atoms with E-state index in [1.807, 2.05) is 24.7 Å². The van der Waals surface area contributed by atoms with E-state index < -0.39 is 0 Å². The second kappa shape index (κ2) is 4.70. The van der Waals surface area contributed by atoms with E-state index in [9.17, 15) is 4.79 Å². The minimum atomic E-state index is 0.0667. The average molecular weight is 283 g/mol. The molecule has 4 heterocycles. The van der Waals surface area contributed by atoms with Gasteiger partial charge in [0.15, 0.2) is 5.43 Å². The maximum absolute atomic E-state index is 12.2. The molecule has 0 aliphatic carbocycles. The number of fused-ring (bicyclic) bond motifs is 3. The number of hydrogen-bond donors (Lipinski definition) is 2. The van der Waals surface area contributed by atoms with Crippen molar-refractivity contribution in [1.82, 2.24) is 14.9 Å². The van der Waals surface area contributed by atoms with Crippen molar-refractivity contribution in [2.45, 2.75) is 19.4 Å². The topological polar surface area (TPSA) is 64.0 Å². The Labute approximate surface area is 122 Å². The van der Waals surface area contributed by atoms with Crippen molar-refractivity contribution >= 4 is 21.9 Å². The first-order valence-corrected chi connectivity index (χ1v) is 7.49. The van der Waals surface area contributed by atoms with E-state index in [1.165, 1.54) is 0 Å². The zero-order chi connectivity index (χ0) is 14.4. The molecular weight excluding hydrogens is 264 g/mol. The highest BCUT2D eigenvalue weighted by atomic mass is 16.1. The largest absolute Gasteiger partial charge is 0.342 e. The number of nitrogens with zero attached hydrogens (tertiary/aromatic N) is 1. The number of H-pyrrole nitrogens is 2. The average Bonchev–Trinajstić information content (AvgIpc) is 2.97. The first kappa shape index (κ1) is 12.6. The van der Waals surface area contributed by atoms with E-state index in [4.69, 9.17) is 0 Å². The van der Waals surface area contributed by atoms with Gasteiger partial charge in [-0.1, -0.05) is 6.92 Å². The first-order chi connectivity index (χ1) is 10.3. The predicted molar refractivity (Wildman–Crippen MR) is 82.3 cm³/mol. The van der Waals surface area contributed by atoms with Gasteiger partial charge in [0.05, 0.1) is 22.5 Å². The third-order valence-corrected chi connectivity index (χ3v) is 4.67. The highest BCUT2D eigenvalue weighted by Gasteiger charge is 2.24. The van der Waals surface area contributed by atoms with Gasteiger partial charge in [-0.05, 0) is 24.9 Å². The standard InChI is InChI=1S/C16H18N4O/c1-10-2-5-17-9-13(10)20-7-4-14(21)12-8-19-16-11(15(12)20)3-6-18-16/h3-4,6-8,10,13,17H,2,5,9H2,1H3,(H,18,19)/p+1. The number of hydrogen-bond acceptors (Lipinski definition) is 2. The van der Waals surface area contributed by atoms with Crippen LogP contribution in [0.4, 0.5) is 0 Å². The smallest absolute Gasteiger partial charge is 0.286 e. The van der Waals surface area contributed by atoms with Crippen LogP contribution in [0.1, 0.15) is 19.4 Å². The Hall–Kier alpha value is -2.14. The Balaban J connectivity index is 2.06. The van der Waals surface area contributed by atoms with Crippen LogP contribution in [0.15, 0.2) is 35.5 Å².